The Balaban J connectivity index is 1.36. The summed E-state index contributed by atoms with van der Waals surface area (Å²) >= 11 is 0. The topological polar surface area (TPSA) is 67.6 Å². The number of carbonyl (C=O) groups excluding carboxylic acids is 1. The van der Waals surface area contributed by atoms with Gasteiger partial charge in [0, 0.05) is 37.2 Å². The Bertz CT molecular complexity index is 1050. The Labute approximate surface area is 175 Å². The van der Waals surface area contributed by atoms with Gasteiger partial charge in [0.25, 0.3) is 0 Å². The van der Waals surface area contributed by atoms with Crippen LogP contribution in [0.5, 0.6) is 11.5 Å². The molecule has 5 rings (SSSR count). The van der Waals surface area contributed by atoms with Crippen molar-refractivity contribution in [2.24, 2.45) is 0 Å². The van der Waals surface area contributed by atoms with Crippen molar-refractivity contribution in [3.63, 3.8) is 0 Å². The number of fused-ring (bicyclic) bond motifs is 2. The molecule has 3 heterocycles. The number of para-hydroxylation sites is 1. The molecule has 2 bridgehead atoms. The van der Waals surface area contributed by atoms with Gasteiger partial charge < -0.3 is 14.5 Å². The molecule has 1 aromatic heterocycles. The van der Waals surface area contributed by atoms with E-state index in [1.807, 2.05) is 61.5 Å². The van der Waals surface area contributed by atoms with Gasteiger partial charge >= 0.3 is 0 Å². The van der Waals surface area contributed by atoms with Gasteiger partial charge in [-0.2, -0.15) is 0 Å². The molecule has 2 atom stereocenters. The Kier molecular flexibility index (Phi) is 5.01. The fourth-order valence-electron chi connectivity index (χ4n) is 4.42. The molecule has 6 nitrogen and oxygen atoms in total. The second kappa shape index (κ2) is 7.95. The molecule has 30 heavy (non-hydrogen) atoms. The predicted molar refractivity (Wildman–Crippen MR) is 113 cm³/mol. The van der Waals surface area contributed by atoms with Gasteiger partial charge in [-0.05, 0) is 50.1 Å². The van der Waals surface area contributed by atoms with Crippen LogP contribution in [0.4, 0.5) is 0 Å². The standard InChI is InChI=1S/C24H25N3O3/c1-16-22(15-27-18-10-11-19(27)14-25-23(28)13-18)26-24(29-16)17-6-5-9-21(12-17)30-20-7-3-2-4-8-20/h2-9,12,18-19H,10-11,13-15H2,1H3,(H,25,28)/t18-,19+/m0/s1. The molecule has 0 aliphatic carbocycles. The molecule has 2 saturated heterocycles. The van der Waals surface area contributed by atoms with Crippen molar-refractivity contribution in [1.29, 1.82) is 0 Å². The number of nitrogens with zero attached hydrogens (tertiary/aromatic N) is 2. The summed E-state index contributed by atoms with van der Waals surface area (Å²) in [4.78, 5) is 19.1. The Morgan fingerprint density at radius 1 is 1.10 bits per heavy atom. The van der Waals surface area contributed by atoms with Gasteiger partial charge in [0.15, 0.2) is 0 Å². The smallest absolute Gasteiger partial charge is 0.226 e. The lowest BCUT2D eigenvalue weighted by molar-refractivity contribution is -0.121. The van der Waals surface area contributed by atoms with Crippen LogP contribution in [0.25, 0.3) is 11.5 Å². The fourth-order valence-corrected chi connectivity index (χ4v) is 4.42. The van der Waals surface area contributed by atoms with Crippen molar-refractivity contribution in [3.05, 3.63) is 66.1 Å². The third-order valence-electron chi connectivity index (χ3n) is 6.01. The predicted octanol–water partition coefficient (Wildman–Crippen LogP) is 4.30. The highest BCUT2D eigenvalue weighted by atomic mass is 16.5. The van der Waals surface area contributed by atoms with Crippen LogP contribution in [0.2, 0.25) is 0 Å². The quantitative estimate of drug-likeness (QED) is 0.688. The van der Waals surface area contributed by atoms with Crippen LogP contribution < -0.4 is 10.1 Å². The zero-order valence-corrected chi connectivity index (χ0v) is 17.0. The van der Waals surface area contributed by atoms with E-state index in [0.29, 0.717) is 30.9 Å². The lowest BCUT2D eigenvalue weighted by Crippen LogP contribution is -2.37. The monoisotopic (exact) mass is 403 g/mol. The third kappa shape index (κ3) is 3.83. The van der Waals surface area contributed by atoms with Crippen molar-refractivity contribution in [2.75, 3.05) is 6.54 Å². The number of carbonyl (C=O) groups is 1. The first kappa shape index (κ1) is 18.9. The summed E-state index contributed by atoms with van der Waals surface area (Å²) in [6.45, 7) is 3.39. The second-order valence-corrected chi connectivity index (χ2v) is 8.03. The largest absolute Gasteiger partial charge is 0.457 e. The highest BCUT2D eigenvalue weighted by Gasteiger charge is 2.38. The van der Waals surface area contributed by atoms with Crippen molar-refractivity contribution in [3.8, 4) is 23.0 Å². The number of hydrogen-bond acceptors (Lipinski definition) is 5. The molecule has 154 valence electrons. The number of ether oxygens (including phenoxy) is 1. The summed E-state index contributed by atoms with van der Waals surface area (Å²) in [6, 6.07) is 18.2. The van der Waals surface area contributed by atoms with Crippen molar-refractivity contribution < 1.29 is 13.9 Å². The average molecular weight is 403 g/mol. The maximum absolute atomic E-state index is 11.9. The highest BCUT2D eigenvalue weighted by molar-refractivity contribution is 5.77. The number of nitrogens with one attached hydrogen (secondary N) is 1. The fraction of sp³-hybridized carbons (Fsp3) is 0.333. The first-order valence-electron chi connectivity index (χ1n) is 10.5. The Morgan fingerprint density at radius 3 is 2.77 bits per heavy atom. The number of rotatable bonds is 5. The molecule has 0 radical (unpaired) electrons. The van der Waals surface area contributed by atoms with Crippen LogP contribution in [0.1, 0.15) is 30.7 Å². The maximum atomic E-state index is 11.9. The van der Waals surface area contributed by atoms with Crippen molar-refractivity contribution in [1.82, 2.24) is 15.2 Å². The van der Waals surface area contributed by atoms with Crippen molar-refractivity contribution >= 4 is 5.91 Å². The number of hydrogen-bond donors (Lipinski definition) is 1. The van der Waals surface area contributed by atoms with Gasteiger partial charge in [-0.25, -0.2) is 4.98 Å². The summed E-state index contributed by atoms with van der Waals surface area (Å²) in [7, 11) is 0. The molecular formula is C24H25N3O3. The molecule has 2 fully saturated rings. The normalized spacial score (nSPS) is 21.3. The Hall–Kier alpha value is -3.12. The molecule has 6 heteroatoms. The Morgan fingerprint density at radius 2 is 1.90 bits per heavy atom. The van der Waals surface area contributed by atoms with Crippen LogP contribution in [0.3, 0.4) is 0 Å². The summed E-state index contributed by atoms with van der Waals surface area (Å²) in [5.41, 5.74) is 1.82. The molecule has 3 aromatic rings. The minimum Gasteiger partial charge on any atom is -0.457 e. The minimum atomic E-state index is 0.153. The zero-order valence-electron chi connectivity index (χ0n) is 17.0. The zero-order chi connectivity index (χ0) is 20.5. The van der Waals surface area contributed by atoms with Gasteiger partial charge in [0.2, 0.25) is 11.8 Å². The van der Waals surface area contributed by atoms with E-state index in [4.69, 9.17) is 14.1 Å². The van der Waals surface area contributed by atoms with Gasteiger partial charge in [-0.3, -0.25) is 9.69 Å². The van der Waals surface area contributed by atoms with E-state index >= 15 is 0 Å². The van der Waals surface area contributed by atoms with E-state index in [0.717, 1.165) is 47.9 Å². The lowest BCUT2D eigenvalue weighted by atomic mass is 10.1. The molecule has 1 amide bonds. The van der Waals surface area contributed by atoms with E-state index in [9.17, 15) is 4.79 Å². The van der Waals surface area contributed by atoms with E-state index in [-0.39, 0.29) is 5.91 Å². The minimum absolute atomic E-state index is 0.153. The molecule has 2 aromatic carbocycles. The number of benzene rings is 2. The van der Waals surface area contributed by atoms with E-state index in [2.05, 4.69) is 10.2 Å². The first-order valence-corrected chi connectivity index (χ1v) is 10.5. The summed E-state index contributed by atoms with van der Waals surface area (Å²) < 4.78 is 12.0. The van der Waals surface area contributed by atoms with Gasteiger partial charge in [-0.1, -0.05) is 24.3 Å². The van der Waals surface area contributed by atoms with Crippen LogP contribution in [-0.2, 0) is 11.3 Å². The van der Waals surface area contributed by atoms with E-state index in [1.54, 1.807) is 0 Å². The maximum Gasteiger partial charge on any atom is 0.226 e. The number of amides is 1. The summed E-state index contributed by atoms with van der Waals surface area (Å²) in [5.74, 6) is 3.10. The van der Waals surface area contributed by atoms with E-state index < -0.39 is 0 Å². The SMILES string of the molecule is Cc1oc(-c2cccc(Oc3ccccc3)c2)nc1CN1[C@@H]2CC[C@H]1CC(=O)NC2. The molecular weight excluding hydrogens is 378 g/mol. The molecule has 0 unspecified atom stereocenters. The molecule has 2 aliphatic heterocycles. The number of aromatic nitrogens is 1. The first-order chi connectivity index (χ1) is 14.7. The second-order valence-electron chi connectivity index (χ2n) is 8.03. The van der Waals surface area contributed by atoms with Crippen LogP contribution in [0.15, 0.2) is 59.0 Å². The van der Waals surface area contributed by atoms with Crippen LogP contribution >= 0.6 is 0 Å². The van der Waals surface area contributed by atoms with Crippen LogP contribution in [0, 0.1) is 6.92 Å². The lowest BCUT2D eigenvalue weighted by Gasteiger charge is -2.26. The van der Waals surface area contributed by atoms with Crippen LogP contribution in [-0.4, -0.2) is 34.4 Å². The molecule has 2 aliphatic rings. The molecule has 0 spiro atoms. The van der Waals surface area contributed by atoms with Gasteiger partial charge in [0.05, 0.1) is 5.69 Å². The van der Waals surface area contributed by atoms with E-state index in [1.165, 1.54) is 0 Å². The van der Waals surface area contributed by atoms with Crippen molar-refractivity contribution in [2.45, 2.75) is 44.8 Å². The number of aryl methyl sites for hydroxylation is 1. The molecule has 1 N–H and O–H groups in total. The number of oxazole rings is 1. The van der Waals surface area contributed by atoms with Gasteiger partial charge in [0.1, 0.15) is 17.3 Å². The van der Waals surface area contributed by atoms with Gasteiger partial charge in [-0.15, -0.1) is 0 Å². The highest BCUT2D eigenvalue weighted by Crippen LogP contribution is 2.32. The summed E-state index contributed by atoms with van der Waals surface area (Å²) in [5, 5.41) is 3.03. The third-order valence-corrected chi connectivity index (χ3v) is 6.01. The molecule has 0 saturated carbocycles. The summed E-state index contributed by atoms with van der Waals surface area (Å²) in [6.07, 6.45) is 2.76. The average Bonchev–Trinajstić information content (AvgIpc) is 3.25.